The largest absolute Gasteiger partial charge is 0.467 e. The summed E-state index contributed by atoms with van der Waals surface area (Å²) in [6.45, 7) is 2.19. The molecule has 0 aliphatic carbocycles. The number of hydrogen-bond donors (Lipinski definition) is 2. The number of H-pyrrole nitrogens is 1. The van der Waals surface area contributed by atoms with Gasteiger partial charge in [0.15, 0.2) is 0 Å². The average molecular weight is 384 g/mol. The molecule has 2 N–H and O–H groups in total. The van der Waals surface area contributed by atoms with Crippen LogP contribution in [-0.2, 0) is 17.9 Å². The minimum Gasteiger partial charge on any atom is -0.467 e. The number of fused-ring (bicyclic) bond motifs is 1. The van der Waals surface area contributed by atoms with E-state index in [2.05, 4.69) is 10.3 Å². The van der Waals surface area contributed by atoms with Crippen LogP contribution in [-0.4, -0.2) is 39.9 Å². The maximum atomic E-state index is 12.6. The normalized spacial score (nSPS) is 10.8. The summed E-state index contributed by atoms with van der Waals surface area (Å²) in [6, 6.07) is 8.13. The fourth-order valence-corrected chi connectivity index (χ4v) is 2.89. The number of likely N-dealkylation sites (N-methyl/N-ethyl adjacent to an activating group) is 1. The molecule has 2 aromatic heterocycles. The number of amides is 2. The number of aromatic nitrogens is 2. The summed E-state index contributed by atoms with van der Waals surface area (Å²) < 4.78 is 6.48. The highest BCUT2D eigenvalue weighted by atomic mass is 16.3. The Labute approximate surface area is 159 Å². The van der Waals surface area contributed by atoms with Gasteiger partial charge in [0.2, 0.25) is 5.91 Å². The molecule has 0 saturated carbocycles. The summed E-state index contributed by atoms with van der Waals surface area (Å²) in [5.41, 5.74) is -0.176. The van der Waals surface area contributed by atoms with E-state index in [0.29, 0.717) is 28.9 Å². The van der Waals surface area contributed by atoms with E-state index >= 15 is 0 Å². The zero-order valence-corrected chi connectivity index (χ0v) is 15.5. The molecule has 2 heterocycles. The molecule has 0 radical (unpaired) electrons. The lowest BCUT2D eigenvalue weighted by Crippen LogP contribution is -2.38. The first-order chi connectivity index (χ1) is 13.4. The van der Waals surface area contributed by atoms with Crippen LogP contribution in [0, 0.1) is 0 Å². The van der Waals surface area contributed by atoms with Crippen molar-refractivity contribution >= 4 is 22.8 Å². The number of aryl methyl sites for hydroxylation is 1. The Bertz CT molecular complexity index is 1130. The fourth-order valence-electron chi connectivity index (χ4n) is 2.89. The molecule has 0 saturated heterocycles. The summed E-state index contributed by atoms with van der Waals surface area (Å²) in [7, 11) is 1.51. The van der Waals surface area contributed by atoms with Crippen molar-refractivity contribution < 1.29 is 14.0 Å². The third kappa shape index (κ3) is 3.88. The van der Waals surface area contributed by atoms with Crippen LogP contribution in [0.15, 0.2) is 50.6 Å². The second-order valence-electron chi connectivity index (χ2n) is 6.25. The second-order valence-corrected chi connectivity index (χ2v) is 6.25. The van der Waals surface area contributed by atoms with Gasteiger partial charge < -0.3 is 24.2 Å². The van der Waals surface area contributed by atoms with Gasteiger partial charge in [-0.25, -0.2) is 0 Å². The Kier molecular flexibility index (Phi) is 5.44. The van der Waals surface area contributed by atoms with E-state index in [4.69, 9.17) is 4.42 Å². The summed E-state index contributed by atoms with van der Waals surface area (Å²) in [5, 5.41) is 2.67. The standard InChI is InChI=1S/C19H20N4O5/c1-3-23-15-7-6-12(9-14(15)21-17(25)19(23)27)18(26)22(2)11-16(24)20-10-13-5-4-8-28-13/h4-9H,3,10-11H2,1-2H3,(H,20,24)(H,21,25). The van der Waals surface area contributed by atoms with Gasteiger partial charge in [-0.05, 0) is 37.3 Å². The van der Waals surface area contributed by atoms with Crippen LogP contribution >= 0.6 is 0 Å². The number of carbonyl (C=O) groups is 2. The van der Waals surface area contributed by atoms with Crippen LogP contribution in [0.1, 0.15) is 23.0 Å². The van der Waals surface area contributed by atoms with Crippen LogP contribution in [0.4, 0.5) is 0 Å². The third-order valence-electron chi connectivity index (χ3n) is 4.31. The zero-order chi connectivity index (χ0) is 20.3. The lowest BCUT2D eigenvalue weighted by Gasteiger charge is -2.17. The number of aromatic amines is 1. The molecule has 0 spiro atoms. The molecule has 0 atom stereocenters. The highest BCUT2D eigenvalue weighted by Crippen LogP contribution is 2.13. The van der Waals surface area contributed by atoms with E-state index in [-0.39, 0.29) is 24.9 Å². The van der Waals surface area contributed by atoms with Crippen LogP contribution in [0.3, 0.4) is 0 Å². The predicted molar refractivity (Wildman–Crippen MR) is 102 cm³/mol. The first-order valence-corrected chi connectivity index (χ1v) is 8.72. The Balaban J connectivity index is 1.75. The van der Waals surface area contributed by atoms with E-state index in [1.807, 2.05) is 0 Å². The van der Waals surface area contributed by atoms with Crippen molar-refractivity contribution in [2.45, 2.75) is 20.0 Å². The molecule has 0 unspecified atom stereocenters. The first-order valence-electron chi connectivity index (χ1n) is 8.72. The van der Waals surface area contributed by atoms with Crippen molar-refractivity contribution in [1.29, 1.82) is 0 Å². The molecule has 2 amide bonds. The predicted octanol–water partition coefficient (Wildman–Crippen LogP) is 0.691. The molecular formula is C19H20N4O5. The van der Waals surface area contributed by atoms with Gasteiger partial charge in [-0.1, -0.05) is 0 Å². The molecule has 28 heavy (non-hydrogen) atoms. The van der Waals surface area contributed by atoms with Gasteiger partial charge in [-0.15, -0.1) is 0 Å². The molecule has 146 valence electrons. The highest BCUT2D eigenvalue weighted by Gasteiger charge is 2.16. The van der Waals surface area contributed by atoms with Crippen molar-refractivity contribution in [2.75, 3.05) is 13.6 Å². The van der Waals surface area contributed by atoms with Gasteiger partial charge in [0.1, 0.15) is 5.76 Å². The Hall–Kier alpha value is -3.62. The topological polar surface area (TPSA) is 117 Å². The Morgan fingerprint density at radius 2 is 2.04 bits per heavy atom. The van der Waals surface area contributed by atoms with Crippen molar-refractivity contribution in [3.8, 4) is 0 Å². The first kappa shape index (κ1) is 19.2. The molecule has 0 bridgehead atoms. The fraction of sp³-hybridized carbons (Fsp3) is 0.263. The summed E-state index contributed by atoms with van der Waals surface area (Å²) in [5.74, 6) is -0.103. The molecule has 3 aromatic rings. The number of rotatable bonds is 6. The Morgan fingerprint density at radius 1 is 1.25 bits per heavy atom. The number of carbonyl (C=O) groups excluding carboxylic acids is 2. The van der Waals surface area contributed by atoms with Crippen LogP contribution < -0.4 is 16.4 Å². The lowest BCUT2D eigenvalue weighted by molar-refractivity contribution is -0.121. The number of nitrogens with zero attached hydrogens (tertiary/aromatic N) is 2. The van der Waals surface area contributed by atoms with E-state index < -0.39 is 11.1 Å². The number of hydrogen-bond acceptors (Lipinski definition) is 5. The van der Waals surface area contributed by atoms with Gasteiger partial charge in [-0.3, -0.25) is 19.2 Å². The molecule has 1 aromatic carbocycles. The number of furan rings is 1. The molecule has 9 nitrogen and oxygen atoms in total. The maximum Gasteiger partial charge on any atom is 0.316 e. The Morgan fingerprint density at radius 3 is 2.71 bits per heavy atom. The van der Waals surface area contributed by atoms with Crippen molar-refractivity contribution in [2.24, 2.45) is 0 Å². The van der Waals surface area contributed by atoms with Gasteiger partial charge in [0, 0.05) is 19.2 Å². The van der Waals surface area contributed by atoms with Gasteiger partial charge in [0.05, 0.1) is 30.4 Å². The number of benzene rings is 1. The maximum absolute atomic E-state index is 12.6. The summed E-state index contributed by atoms with van der Waals surface area (Å²) in [4.78, 5) is 52.1. The molecule has 0 aliphatic rings. The monoisotopic (exact) mass is 384 g/mol. The van der Waals surface area contributed by atoms with Gasteiger partial charge >= 0.3 is 11.1 Å². The SMILES string of the molecule is CCn1c(=O)c(=O)[nH]c2cc(C(=O)N(C)CC(=O)NCc3ccco3)ccc21. The van der Waals surface area contributed by atoms with Gasteiger partial charge in [0.25, 0.3) is 5.91 Å². The quantitative estimate of drug-likeness (QED) is 0.607. The molecule has 0 fully saturated rings. The minimum atomic E-state index is -0.746. The van der Waals surface area contributed by atoms with E-state index in [1.165, 1.54) is 28.8 Å². The lowest BCUT2D eigenvalue weighted by atomic mass is 10.1. The molecule has 0 aliphatic heterocycles. The van der Waals surface area contributed by atoms with Crippen molar-refractivity contribution in [3.63, 3.8) is 0 Å². The van der Waals surface area contributed by atoms with E-state index in [0.717, 1.165) is 0 Å². The van der Waals surface area contributed by atoms with E-state index in [1.54, 1.807) is 31.2 Å². The number of nitrogens with one attached hydrogen (secondary N) is 2. The van der Waals surface area contributed by atoms with Crippen LogP contribution in [0.25, 0.3) is 11.0 Å². The zero-order valence-electron chi connectivity index (χ0n) is 15.5. The molecular weight excluding hydrogens is 364 g/mol. The molecule has 3 rings (SSSR count). The van der Waals surface area contributed by atoms with E-state index in [9.17, 15) is 19.2 Å². The summed E-state index contributed by atoms with van der Waals surface area (Å²) in [6.07, 6.45) is 1.51. The van der Waals surface area contributed by atoms with Crippen LogP contribution in [0.5, 0.6) is 0 Å². The second kappa shape index (κ2) is 7.95. The van der Waals surface area contributed by atoms with Gasteiger partial charge in [-0.2, -0.15) is 0 Å². The third-order valence-corrected chi connectivity index (χ3v) is 4.31. The minimum absolute atomic E-state index is 0.136. The van der Waals surface area contributed by atoms with Crippen LogP contribution in [0.2, 0.25) is 0 Å². The highest BCUT2D eigenvalue weighted by molar-refractivity contribution is 5.98. The van der Waals surface area contributed by atoms with Crippen molar-refractivity contribution in [1.82, 2.24) is 19.8 Å². The molecule has 9 heteroatoms. The summed E-state index contributed by atoms with van der Waals surface area (Å²) >= 11 is 0. The average Bonchev–Trinajstić information content (AvgIpc) is 3.20. The smallest absolute Gasteiger partial charge is 0.316 e. The van der Waals surface area contributed by atoms with Crippen molar-refractivity contribution in [3.05, 3.63) is 68.6 Å².